The third kappa shape index (κ3) is 1.56. The molecule has 0 amide bonds. The van der Waals surface area contributed by atoms with Crippen molar-refractivity contribution in [1.29, 1.82) is 5.26 Å². The highest BCUT2D eigenvalue weighted by molar-refractivity contribution is 5.57. The molecule has 0 bridgehead atoms. The molecule has 0 aliphatic heterocycles. The molecule has 0 aromatic carbocycles. The molecule has 0 unspecified atom stereocenters. The van der Waals surface area contributed by atoms with E-state index in [2.05, 4.69) is 4.98 Å². The number of aromatic nitrogens is 1. The van der Waals surface area contributed by atoms with Crippen LogP contribution in [0.1, 0.15) is 23.2 Å². The fourth-order valence-corrected chi connectivity index (χ4v) is 0.943. The minimum Gasteiger partial charge on any atom is -0.396 e. The van der Waals surface area contributed by atoms with Crippen molar-refractivity contribution >= 4 is 5.69 Å². The first-order valence-electron chi connectivity index (χ1n) is 3.51. The second-order valence-corrected chi connectivity index (χ2v) is 2.51. The van der Waals surface area contributed by atoms with E-state index in [9.17, 15) is 8.78 Å². The molecule has 0 fully saturated rings. The largest absolute Gasteiger partial charge is 0.396 e. The Morgan fingerprint density at radius 3 is 2.69 bits per heavy atom. The van der Waals surface area contributed by atoms with E-state index in [1.54, 1.807) is 6.07 Å². The number of nitrogens with zero attached hydrogens (tertiary/aromatic N) is 2. The number of hydrogen-bond donors (Lipinski definition) is 1. The topological polar surface area (TPSA) is 62.7 Å². The van der Waals surface area contributed by atoms with Gasteiger partial charge in [0.2, 0.25) is 0 Å². The summed E-state index contributed by atoms with van der Waals surface area (Å²) in [7, 11) is 0. The van der Waals surface area contributed by atoms with Gasteiger partial charge in [0.15, 0.2) is 5.69 Å². The molecule has 5 heteroatoms. The molecule has 1 aromatic heterocycles. The Bertz CT molecular complexity index is 368. The number of pyridine rings is 1. The SMILES string of the molecule is Cc1c(C(F)F)cnc(C#N)c1N. The van der Waals surface area contributed by atoms with Gasteiger partial charge in [0.25, 0.3) is 6.43 Å². The number of hydrogen-bond acceptors (Lipinski definition) is 3. The summed E-state index contributed by atoms with van der Waals surface area (Å²) in [4.78, 5) is 3.51. The van der Waals surface area contributed by atoms with Gasteiger partial charge < -0.3 is 5.73 Å². The highest BCUT2D eigenvalue weighted by atomic mass is 19.3. The summed E-state index contributed by atoms with van der Waals surface area (Å²) >= 11 is 0. The zero-order chi connectivity index (χ0) is 10.0. The summed E-state index contributed by atoms with van der Waals surface area (Å²) in [5.74, 6) is 0. The molecule has 2 N–H and O–H groups in total. The second-order valence-electron chi connectivity index (χ2n) is 2.51. The number of nitrogen functional groups attached to an aromatic ring is 1. The second kappa shape index (κ2) is 3.35. The van der Waals surface area contributed by atoms with Crippen LogP contribution < -0.4 is 5.73 Å². The maximum Gasteiger partial charge on any atom is 0.265 e. The van der Waals surface area contributed by atoms with Crippen LogP contribution in [-0.2, 0) is 0 Å². The number of anilines is 1. The lowest BCUT2D eigenvalue weighted by molar-refractivity contribution is 0.150. The quantitative estimate of drug-likeness (QED) is 0.721. The van der Waals surface area contributed by atoms with Crippen molar-refractivity contribution in [2.24, 2.45) is 0 Å². The Morgan fingerprint density at radius 1 is 1.62 bits per heavy atom. The van der Waals surface area contributed by atoms with Crippen LogP contribution in [0, 0.1) is 18.3 Å². The molecule has 1 aromatic rings. The maximum absolute atomic E-state index is 12.3. The van der Waals surface area contributed by atoms with Crippen molar-refractivity contribution in [3.8, 4) is 6.07 Å². The van der Waals surface area contributed by atoms with Crippen LogP contribution in [0.4, 0.5) is 14.5 Å². The Morgan fingerprint density at radius 2 is 2.23 bits per heavy atom. The van der Waals surface area contributed by atoms with Crippen LogP contribution in [-0.4, -0.2) is 4.98 Å². The monoisotopic (exact) mass is 183 g/mol. The molecule has 3 nitrogen and oxygen atoms in total. The molecule has 0 saturated carbocycles. The van der Waals surface area contributed by atoms with E-state index >= 15 is 0 Å². The number of rotatable bonds is 1. The van der Waals surface area contributed by atoms with Crippen molar-refractivity contribution in [3.05, 3.63) is 23.0 Å². The molecular formula is C8H7F2N3. The molecule has 0 aliphatic carbocycles. The van der Waals surface area contributed by atoms with Gasteiger partial charge in [-0.05, 0) is 12.5 Å². The van der Waals surface area contributed by atoms with Gasteiger partial charge in [0.1, 0.15) is 6.07 Å². The Kier molecular flexibility index (Phi) is 2.42. The zero-order valence-corrected chi connectivity index (χ0v) is 6.88. The molecule has 1 heterocycles. The van der Waals surface area contributed by atoms with E-state index in [4.69, 9.17) is 11.0 Å². The fourth-order valence-electron chi connectivity index (χ4n) is 0.943. The van der Waals surface area contributed by atoms with Crippen molar-refractivity contribution in [1.82, 2.24) is 4.98 Å². The fraction of sp³-hybridized carbons (Fsp3) is 0.250. The minimum atomic E-state index is -2.61. The van der Waals surface area contributed by atoms with Crippen LogP contribution in [0.2, 0.25) is 0 Å². The van der Waals surface area contributed by atoms with Crippen molar-refractivity contribution in [2.45, 2.75) is 13.3 Å². The highest BCUT2D eigenvalue weighted by Gasteiger charge is 2.15. The lowest BCUT2D eigenvalue weighted by Crippen LogP contribution is -2.01. The van der Waals surface area contributed by atoms with Gasteiger partial charge in [-0.2, -0.15) is 5.26 Å². The average Bonchev–Trinajstić information content (AvgIpc) is 2.09. The molecule has 1 rings (SSSR count). The normalized spacial score (nSPS) is 10.1. The zero-order valence-electron chi connectivity index (χ0n) is 6.88. The summed E-state index contributed by atoms with van der Waals surface area (Å²) in [6.07, 6.45) is -1.63. The Labute approximate surface area is 73.8 Å². The summed E-state index contributed by atoms with van der Waals surface area (Å²) < 4.78 is 24.5. The van der Waals surface area contributed by atoms with E-state index in [0.717, 1.165) is 6.20 Å². The van der Waals surface area contributed by atoms with E-state index in [1.165, 1.54) is 6.92 Å². The summed E-state index contributed by atoms with van der Waals surface area (Å²) in [5.41, 5.74) is 5.43. The average molecular weight is 183 g/mol. The molecule has 0 saturated heterocycles. The molecule has 0 spiro atoms. The van der Waals surface area contributed by atoms with Gasteiger partial charge in [-0.3, -0.25) is 0 Å². The van der Waals surface area contributed by atoms with Gasteiger partial charge >= 0.3 is 0 Å². The van der Waals surface area contributed by atoms with Crippen molar-refractivity contribution in [3.63, 3.8) is 0 Å². The van der Waals surface area contributed by atoms with E-state index in [1.807, 2.05) is 0 Å². The van der Waals surface area contributed by atoms with Gasteiger partial charge in [0, 0.05) is 11.8 Å². The summed E-state index contributed by atoms with van der Waals surface area (Å²) in [5, 5.41) is 8.49. The van der Waals surface area contributed by atoms with E-state index < -0.39 is 6.43 Å². The highest BCUT2D eigenvalue weighted by Crippen LogP contribution is 2.26. The smallest absolute Gasteiger partial charge is 0.265 e. The molecule has 68 valence electrons. The molecular weight excluding hydrogens is 176 g/mol. The van der Waals surface area contributed by atoms with Crippen LogP contribution in [0.25, 0.3) is 0 Å². The predicted octanol–water partition coefficient (Wildman–Crippen LogP) is 1.78. The first-order valence-corrected chi connectivity index (χ1v) is 3.51. The number of halogens is 2. The minimum absolute atomic E-state index is 0.0121. The third-order valence-corrected chi connectivity index (χ3v) is 1.77. The number of nitriles is 1. The van der Waals surface area contributed by atoms with Crippen LogP contribution >= 0.6 is 0 Å². The van der Waals surface area contributed by atoms with Crippen molar-refractivity contribution in [2.75, 3.05) is 5.73 Å². The summed E-state index contributed by atoms with van der Waals surface area (Å²) in [6.45, 7) is 1.44. The van der Waals surface area contributed by atoms with Crippen LogP contribution in [0.3, 0.4) is 0 Å². The number of nitrogens with two attached hydrogens (primary N) is 1. The first kappa shape index (κ1) is 9.39. The van der Waals surface area contributed by atoms with Gasteiger partial charge in [-0.25, -0.2) is 13.8 Å². The predicted molar refractivity (Wildman–Crippen MR) is 43.1 cm³/mol. The molecule has 13 heavy (non-hydrogen) atoms. The molecule has 0 aliphatic rings. The third-order valence-electron chi connectivity index (χ3n) is 1.77. The summed E-state index contributed by atoms with van der Waals surface area (Å²) in [6, 6.07) is 1.72. The van der Waals surface area contributed by atoms with E-state index in [-0.39, 0.29) is 22.5 Å². The van der Waals surface area contributed by atoms with Crippen LogP contribution in [0.15, 0.2) is 6.20 Å². The van der Waals surface area contributed by atoms with Crippen LogP contribution in [0.5, 0.6) is 0 Å². The lowest BCUT2D eigenvalue weighted by Gasteiger charge is -2.07. The van der Waals surface area contributed by atoms with E-state index in [0.29, 0.717) is 0 Å². The Balaban J connectivity index is 3.33. The molecule has 0 atom stereocenters. The van der Waals surface area contributed by atoms with Gasteiger partial charge in [-0.15, -0.1) is 0 Å². The standard InChI is InChI=1S/C8H7F2N3/c1-4-5(8(9)10)3-13-6(2-11)7(4)12/h3,8H,12H2,1H3. The lowest BCUT2D eigenvalue weighted by atomic mass is 10.1. The first-order chi connectivity index (χ1) is 6.07. The van der Waals surface area contributed by atoms with Crippen molar-refractivity contribution < 1.29 is 8.78 Å². The van der Waals surface area contributed by atoms with Gasteiger partial charge in [-0.1, -0.05) is 0 Å². The van der Waals surface area contributed by atoms with Gasteiger partial charge in [0.05, 0.1) is 5.69 Å². The number of alkyl halides is 2. The maximum atomic E-state index is 12.3. The molecule has 0 radical (unpaired) electrons. The Hall–Kier alpha value is -1.70.